The van der Waals surface area contributed by atoms with Crippen LogP contribution in [0.3, 0.4) is 0 Å². The topological polar surface area (TPSA) is 27.7 Å². The van der Waals surface area contributed by atoms with Crippen molar-refractivity contribution >= 4 is 0 Å². The number of unbranched alkanes of at least 4 members (excludes halogenated alkanes) is 12. The SMILES string of the molecule is CCCCCCCCCCC(OC)(OC)C(CCC)(CCCCCCCC)OC. The van der Waals surface area contributed by atoms with Crippen molar-refractivity contribution in [2.75, 3.05) is 21.3 Å². The summed E-state index contributed by atoms with van der Waals surface area (Å²) in [5.41, 5.74) is -0.350. The van der Waals surface area contributed by atoms with Crippen LogP contribution in [0, 0.1) is 0 Å². The zero-order chi connectivity index (χ0) is 21.8. The Morgan fingerprint density at radius 2 is 0.828 bits per heavy atom. The second-order valence-corrected chi connectivity index (χ2v) is 8.85. The molecule has 0 N–H and O–H groups in total. The van der Waals surface area contributed by atoms with E-state index in [-0.39, 0.29) is 5.60 Å². The molecule has 1 unspecified atom stereocenters. The zero-order valence-electron chi connectivity index (χ0n) is 21.0. The molecule has 0 aromatic heterocycles. The van der Waals surface area contributed by atoms with Gasteiger partial charge in [0.15, 0.2) is 5.79 Å². The predicted molar refractivity (Wildman–Crippen MR) is 127 cm³/mol. The Bertz CT molecular complexity index is 341. The van der Waals surface area contributed by atoms with Crippen molar-refractivity contribution in [2.45, 2.75) is 148 Å². The second kappa shape index (κ2) is 18.6. The lowest BCUT2D eigenvalue weighted by atomic mass is 9.80. The molecule has 0 aliphatic carbocycles. The first-order valence-electron chi connectivity index (χ1n) is 12.8. The number of ether oxygens (including phenoxy) is 3. The van der Waals surface area contributed by atoms with Gasteiger partial charge in [0.2, 0.25) is 0 Å². The van der Waals surface area contributed by atoms with Crippen LogP contribution < -0.4 is 0 Å². The fraction of sp³-hybridized carbons (Fsp3) is 1.00. The molecule has 0 aromatic rings. The Kier molecular flexibility index (Phi) is 18.6. The molecule has 29 heavy (non-hydrogen) atoms. The number of hydrogen-bond donors (Lipinski definition) is 0. The van der Waals surface area contributed by atoms with Gasteiger partial charge in [-0.2, -0.15) is 0 Å². The van der Waals surface area contributed by atoms with Gasteiger partial charge in [-0.25, -0.2) is 0 Å². The van der Waals surface area contributed by atoms with Crippen molar-refractivity contribution in [1.29, 1.82) is 0 Å². The molecule has 0 aliphatic heterocycles. The van der Waals surface area contributed by atoms with Crippen LogP contribution >= 0.6 is 0 Å². The Morgan fingerprint density at radius 3 is 1.21 bits per heavy atom. The highest BCUT2D eigenvalue weighted by Crippen LogP contribution is 2.42. The third-order valence-electron chi connectivity index (χ3n) is 6.69. The lowest BCUT2D eigenvalue weighted by molar-refractivity contribution is -0.316. The van der Waals surface area contributed by atoms with Crippen LogP contribution in [0.1, 0.15) is 136 Å². The summed E-state index contributed by atoms with van der Waals surface area (Å²) < 4.78 is 18.4. The Morgan fingerprint density at radius 1 is 0.414 bits per heavy atom. The smallest absolute Gasteiger partial charge is 0.197 e. The summed E-state index contributed by atoms with van der Waals surface area (Å²) >= 11 is 0. The quantitative estimate of drug-likeness (QED) is 0.131. The molecule has 3 heteroatoms. The van der Waals surface area contributed by atoms with Crippen LogP contribution in [0.2, 0.25) is 0 Å². The molecule has 0 fully saturated rings. The van der Waals surface area contributed by atoms with Crippen molar-refractivity contribution in [3.8, 4) is 0 Å². The van der Waals surface area contributed by atoms with Crippen molar-refractivity contribution in [3.63, 3.8) is 0 Å². The molecule has 1 atom stereocenters. The average Bonchev–Trinajstić information content (AvgIpc) is 2.75. The fourth-order valence-electron chi connectivity index (χ4n) is 4.84. The summed E-state index contributed by atoms with van der Waals surface area (Å²) in [4.78, 5) is 0. The first-order valence-corrected chi connectivity index (χ1v) is 12.8. The summed E-state index contributed by atoms with van der Waals surface area (Å²) in [5, 5.41) is 0. The number of rotatable bonds is 22. The highest BCUT2D eigenvalue weighted by molar-refractivity contribution is 4.96. The van der Waals surface area contributed by atoms with Gasteiger partial charge in [-0.05, 0) is 19.3 Å². The van der Waals surface area contributed by atoms with Crippen LogP contribution in [0.15, 0.2) is 0 Å². The third kappa shape index (κ3) is 10.6. The largest absolute Gasteiger partial charge is 0.373 e. The average molecular weight is 415 g/mol. The molecule has 0 saturated heterocycles. The molecule has 0 aliphatic rings. The third-order valence-corrected chi connectivity index (χ3v) is 6.69. The van der Waals surface area contributed by atoms with Crippen LogP contribution in [-0.2, 0) is 14.2 Å². The lowest BCUT2D eigenvalue weighted by Crippen LogP contribution is -2.58. The lowest BCUT2D eigenvalue weighted by Gasteiger charge is -2.48. The van der Waals surface area contributed by atoms with Gasteiger partial charge >= 0.3 is 0 Å². The summed E-state index contributed by atoms with van der Waals surface area (Å²) in [6.07, 6.45) is 22.3. The molecule has 0 radical (unpaired) electrons. The predicted octanol–water partition coefficient (Wildman–Crippen LogP) is 8.44. The van der Waals surface area contributed by atoms with Gasteiger partial charge in [0, 0.05) is 27.8 Å². The molecule has 0 rings (SSSR count). The maximum Gasteiger partial charge on any atom is 0.197 e. The van der Waals surface area contributed by atoms with Gasteiger partial charge < -0.3 is 14.2 Å². The molecule has 0 aromatic carbocycles. The molecule has 0 spiro atoms. The van der Waals surface area contributed by atoms with Gasteiger partial charge in [0.1, 0.15) is 5.60 Å². The van der Waals surface area contributed by atoms with Gasteiger partial charge in [0.05, 0.1) is 0 Å². The zero-order valence-corrected chi connectivity index (χ0v) is 21.0. The minimum absolute atomic E-state index is 0.350. The standard InChI is InChI=1S/C26H54O3/c1-7-10-12-14-16-17-19-21-24-26(28-5,29-6)25(27-4,22-9-3)23-20-18-15-13-11-8-2/h7-24H2,1-6H3. The van der Waals surface area contributed by atoms with Crippen LogP contribution in [0.25, 0.3) is 0 Å². The molecule has 0 bridgehead atoms. The summed E-state index contributed by atoms with van der Waals surface area (Å²) in [5.74, 6) is -0.636. The molecule has 0 amide bonds. The Hall–Kier alpha value is -0.120. The highest BCUT2D eigenvalue weighted by atomic mass is 16.7. The van der Waals surface area contributed by atoms with E-state index in [4.69, 9.17) is 14.2 Å². The van der Waals surface area contributed by atoms with Crippen LogP contribution in [0.5, 0.6) is 0 Å². The van der Waals surface area contributed by atoms with E-state index in [0.29, 0.717) is 0 Å². The van der Waals surface area contributed by atoms with Gasteiger partial charge in [0.25, 0.3) is 0 Å². The van der Waals surface area contributed by atoms with Crippen molar-refractivity contribution in [2.24, 2.45) is 0 Å². The van der Waals surface area contributed by atoms with E-state index in [2.05, 4.69) is 20.8 Å². The fourth-order valence-corrected chi connectivity index (χ4v) is 4.84. The van der Waals surface area contributed by atoms with E-state index in [1.807, 2.05) is 7.11 Å². The van der Waals surface area contributed by atoms with E-state index in [1.165, 1.54) is 83.5 Å². The van der Waals surface area contributed by atoms with E-state index >= 15 is 0 Å². The molecular formula is C26H54O3. The maximum atomic E-state index is 6.23. The Balaban J connectivity index is 4.75. The Labute approximate surface area is 183 Å². The van der Waals surface area contributed by atoms with E-state index in [1.54, 1.807) is 14.2 Å². The second-order valence-electron chi connectivity index (χ2n) is 8.85. The normalized spacial score (nSPS) is 14.3. The summed E-state index contributed by atoms with van der Waals surface area (Å²) in [6, 6.07) is 0. The minimum atomic E-state index is -0.636. The van der Waals surface area contributed by atoms with E-state index < -0.39 is 5.79 Å². The first-order chi connectivity index (χ1) is 14.1. The molecule has 3 nitrogen and oxygen atoms in total. The monoisotopic (exact) mass is 414 g/mol. The molecule has 0 saturated carbocycles. The van der Waals surface area contributed by atoms with Gasteiger partial charge in [-0.15, -0.1) is 0 Å². The van der Waals surface area contributed by atoms with Crippen molar-refractivity contribution in [1.82, 2.24) is 0 Å². The van der Waals surface area contributed by atoms with Crippen LogP contribution in [-0.4, -0.2) is 32.7 Å². The van der Waals surface area contributed by atoms with Gasteiger partial charge in [-0.1, -0.05) is 111 Å². The first kappa shape index (κ1) is 28.9. The van der Waals surface area contributed by atoms with E-state index in [0.717, 1.165) is 32.1 Å². The van der Waals surface area contributed by atoms with Crippen molar-refractivity contribution < 1.29 is 14.2 Å². The molecule has 176 valence electrons. The maximum absolute atomic E-state index is 6.23. The minimum Gasteiger partial charge on any atom is -0.373 e. The highest BCUT2D eigenvalue weighted by Gasteiger charge is 2.51. The van der Waals surface area contributed by atoms with Crippen LogP contribution in [0.4, 0.5) is 0 Å². The van der Waals surface area contributed by atoms with Gasteiger partial charge in [-0.3, -0.25) is 0 Å². The summed E-state index contributed by atoms with van der Waals surface area (Å²) in [6.45, 7) is 6.79. The number of hydrogen-bond acceptors (Lipinski definition) is 3. The van der Waals surface area contributed by atoms with E-state index in [9.17, 15) is 0 Å². The molecular weight excluding hydrogens is 360 g/mol. The number of methoxy groups -OCH3 is 3. The summed E-state index contributed by atoms with van der Waals surface area (Å²) in [7, 11) is 5.46. The molecule has 0 heterocycles. The van der Waals surface area contributed by atoms with Crippen molar-refractivity contribution in [3.05, 3.63) is 0 Å².